The first kappa shape index (κ1) is 19.9. The second-order valence-electron chi connectivity index (χ2n) is 7.59. The number of nitrogens with one attached hydrogen (secondary N) is 1. The second kappa shape index (κ2) is 8.18. The molecule has 2 aliphatic heterocycles. The van der Waals surface area contributed by atoms with E-state index in [1.807, 2.05) is 25.1 Å². The van der Waals surface area contributed by atoms with E-state index >= 15 is 0 Å². The SMILES string of the molecule is CCC(=O)N1CCc2cc(N3C[C@@H](C(=O)Nc4cccc(OC)c4)CC3=O)ccc21. The zero-order chi connectivity index (χ0) is 21.3. The number of carbonyl (C=O) groups is 3. The van der Waals surface area contributed by atoms with Crippen molar-refractivity contribution >= 4 is 34.8 Å². The minimum atomic E-state index is -0.421. The molecule has 0 bridgehead atoms. The fourth-order valence-electron chi connectivity index (χ4n) is 4.08. The maximum atomic E-state index is 12.7. The highest BCUT2D eigenvalue weighted by Gasteiger charge is 2.36. The normalized spacial score (nSPS) is 17.8. The molecule has 156 valence electrons. The topological polar surface area (TPSA) is 79.0 Å². The zero-order valence-corrected chi connectivity index (χ0v) is 17.2. The molecule has 7 heteroatoms. The third-order valence-corrected chi connectivity index (χ3v) is 5.71. The Morgan fingerprint density at radius 2 is 2.03 bits per heavy atom. The molecule has 1 saturated heterocycles. The number of amides is 3. The van der Waals surface area contributed by atoms with Crippen molar-refractivity contribution in [3.8, 4) is 5.75 Å². The van der Waals surface area contributed by atoms with Gasteiger partial charge in [-0.2, -0.15) is 0 Å². The number of fused-ring (bicyclic) bond motifs is 1. The first-order valence-electron chi connectivity index (χ1n) is 10.2. The molecule has 1 atom stereocenters. The third kappa shape index (κ3) is 3.75. The molecule has 2 aliphatic rings. The van der Waals surface area contributed by atoms with Crippen molar-refractivity contribution in [3.05, 3.63) is 48.0 Å². The lowest BCUT2D eigenvalue weighted by Gasteiger charge is -2.20. The van der Waals surface area contributed by atoms with Crippen LogP contribution in [0.5, 0.6) is 5.75 Å². The monoisotopic (exact) mass is 407 g/mol. The summed E-state index contributed by atoms with van der Waals surface area (Å²) in [6, 6.07) is 12.9. The molecule has 0 aromatic heterocycles. The molecule has 4 rings (SSSR count). The number of methoxy groups -OCH3 is 1. The van der Waals surface area contributed by atoms with E-state index in [0.717, 1.165) is 23.4 Å². The Bertz CT molecular complexity index is 1000. The minimum Gasteiger partial charge on any atom is -0.497 e. The van der Waals surface area contributed by atoms with Crippen LogP contribution in [0, 0.1) is 5.92 Å². The molecular weight excluding hydrogens is 382 g/mol. The van der Waals surface area contributed by atoms with Crippen molar-refractivity contribution in [2.75, 3.05) is 35.3 Å². The molecule has 7 nitrogen and oxygen atoms in total. The van der Waals surface area contributed by atoms with Crippen LogP contribution in [-0.2, 0) is 20.8 Å². The molecule has 2 aromatic carbocycles. The predicted octanol–water partition coefficient (Wildman–Crippen LogP) is 2.99. The van der Waals surface area contributed by atoms with Crippen molar-refractivity contribution in [2.24, 2.45) is 5.92 Å². The van der Waals surface area contributed by atoms with Gasteiger partial charge in [0.05, 0.1) is 13.0 Å². The fraction of sp³-hybridized carbons (Fsp3) is 0.348. The van der Waals surface area contributed by atoms with Crippen LogP contribution in [0.15, 0.2) is 42.5 Å². The van der Waals surface area contributed by atoms with Gasteiger partial charge in [0.15, 0.2) is 0 Å². The molecule has 3 amide bonds. The average Bonchev–Trinajstić information content (AvgIpc) is 3.36. The van der Waals surface area contributed by atoms with Gasteiger partial charge in [-0.25, -0.2) is 0 Å². The Kier molecular flexibility index (Phi) is 5.44. The van der Waals surface area contributed by atoms with E-state index in [9.17, 15) is 14.4 Å². The highest BCUT2D eigenvalue weighted by molar-refractivity contribution is 6.04. The van der Waals surface area contributed by atoms with Crippen molar-refractivity contribution in [2.45, 2.75) is 26.2 Å². The molecular formula is C23H25N3O4. The molecule has 0 radical (unpaired) electrons. The standard InChI is InChI=1S/C23H25N3O4/c1-3-21(27)25-10-9-15-11-18(7-8-20(15)25)26-14-16(12-22(26)28)23(29)24-17-5-4-6-19(13-17)30-2/h4-8,11,13,16H,3,9-10,12,14H2,1-2H3,(H,24,29)/t16-/m0/s1. The molecule has 30 heavy (non-hydrogen) atoms. The first-order valence-corrected chi connectivity index (χ1v) is 10.2. The Labute approximate surface area is 175 Å². The number of hydrogen-bond donors (Lipinski definition) is 1. The van der Waals surface area contributed by atoms with Gasteiger partial charge in [-0.1, -0.05) is 13.0 Å². The summed E-state index contributed by atoms with van der Waals surface area (Å²) in [7, 11) is 1.57. The van der Waals surface area contributed by atoms with Gasteiger partial charge in [-0.3, -0.25) is 14.4 Å². The number of nitrogens with zero attached hydrogens (tertiary/aromatic N) is 2. The molecule has 0 aliphatic carbocycles. The van der Waals surface area contributed by atoms with Crippen LogP contribution < -0.4 is 19.9 Å². The van der Waals surface area contributed by atoms with Crippen molar-refractivity contribution < 1.29 is 19.1 Å². The average molecular weight is 407 g/mol. The van der Waals surface area contributed by atoms with Gasteiger partial charge in [0, 0.05) is 49.1 Å². The first-order chi connectivity index (χ1) is 14.5. The Morgan fingerprint density at radius 3 is 2.80 bits per heavy atom. The maximum Gasteiger partial charge on any atom is 0.229 e. The van der Waals surface area contributed by atoms with Crippen molar-refractivity contribution in [1.82, 2.24) is 0 Å². The Morgan fingerprint density at radius 1 is 1.20 bits per heavy atom. The summed E-state index contributed by atoms with van der Waals surface area (Å²) < 4.78 is 5.18. The molecule has 2 aromatic rings. The van der Waals surface area contributed by atoms with Crippen LogP contribution in [0.3, 0.4) is 0 Å². The lowest BCUT2D eigenvalue weighted by atomic mass is 10.1. The van der Waals surface area contributed by atoms with Crippen LogP contribution in [0.1, 0.15) is 25.3 Å². The number of ether oxygens (including phenoxy) is 1. The molecule has 2 heterocycles. The molecule has 0 saturated carbocycles. The fourth-order valence-corrected chi connectivity index (χ4v) is 4.08. The van der Waals surface area contributed by atoms with E-state index in [1.54, 1.807) is 41.2 Å². The summed E-state index contributed by atoms with van der Waals surface area (Å²) in [6.07, 6.45) is 1.42. The molecule has 1 N–H and O–H groups in total. The number of carbonyl (C=O) groups excluding carboxylic acids is 3. The van der Waals surface area contributed by atoms with Gasteiger partial charge >= 0.3 is 0 Å². The molecule has 1 fully saturated rings. The van der Waals surface area contributed by atoms with Gasteiger partial charge in [-0.05, 0) is 42.3 Å². The van der Waals surface area contributed by atoms with E-state index in [2.05, 4.69) is 5.32 Å². The second-order valence-corrected chi connectivity index (χ2v) is 7.59. The summed E-state index contributed by atoms with van der Waals surface area (Å²) in [4.78, 5) is 40.9. The van der Waals surface area contributed by atoms with E-state index in [0.29, 0.717) is 30.9 Å². The van der Waals surface area contributed by atoms with Gasteiger partial charge < -0.3 is 19.9 Å². The van der Waals surface area contributed by atoms with E-state index in [1.165, 1.54) is 0 Å². The number of rotatable bonds is 5. The predicted molar refractivity (Wildman–Crippen MR) is 115 cm³/mol. The van der Waals surface area contributed by atoms with Gasteiger partial charge in [0.2, 0.25) is 17.7 Å². The summed E-state index contributed by atoms with van der Waals surface area (Å²) >= 11 is 0. The van der Waals surface area contributed by atoms with Crippen LogP contribution in [-0.4, -0.2) is 37.9 Å². The number of anilines is 3. The lowest BCUT2D eigenvalue weighted by Crippen LogP contribution is -2.28. The number of benzene rings is 2. The lowest BCUT2D eigenvalue weighted by molar-refractivity contribution is -0.122. The van der Waals surface area contributed by atoms with Gasteiger partial charge in [0.25, 0.3) is 0 Å². The quantitative estimate of drug-likeness (QED) is 0.827. The van der Waals surface area contributed by atoms with Gasteiger partial charge in [0.1, 0.15) is 5.75 Å². The summed E-state index contributed by atoms with van der Waals surface area (Å²) in [5, 5.41) is 2.88. The Hall–Kier alpha value is -3.35. The third-order valence-electron chi connectivity index (χ3n) is 5.71. The van der Waals surface area contributed by atoms with Crippen molar-refractivity contribution in [1.29, 1.82) is 0 Å². The van der Waals surface area contributed by atoms with Crippen LogP contribution in [0.25, 0.3) is 0 Å². The zero-order valence-electron chi connectivity index (χ0n) is 17.2. The van der Waals surface area contributed by atoms with Crippen LogP contribution >= 0.6 is 0 Å². The van der Waals surface area contributed by atoms with E-state index in [4.69, 9.17) is 4.74 Å². The van der Waals surface area contributed by atoms with E-state index < -0.39 is 5.92 Å². The van der Waals surface area contributed by atoms with Crippen LogP contribution in [0.4, 0.5) is 17.1 Å². The number of hydrogen-bond acceptors (Lipinski definition) is 4. The smallest absolute Gasteiger partial charge is 0.229 e. The molecule has 0 unspecified atom stereocenters. The Balaban J connectivity index is 1.46. The van der Waals surface area contributed by atoms with E-state index in [-0.39, 0.29) is 24.1 Å². The van der Waals surface area contributed by atoms with Crippen molar-refractivity contribution in [3.63, 3.8) is 0 Å². The summed E-state index contributed by atoms with van der Waals surface area (Å²) in [6.45, 7) is 2.87. The summed E-state index contributed by atoms with van der Waals surface area (Å²) in [5.74, 6) is 0.0917. The van der Waals surface area contributed by atoms with Crippen LogP contribution in [0.2, 0.25) is 0 Å². The minimum absolute atomic E-state index is 0.0692. The largest absolute Gasteiger partial charge is 0.497 e. The summed E-state index contributed by atoms with van der Waals surface area (Å²) in [5.41, 5.74) is 3.40. The maximum absolute atomic E-state index is 12.7. The highest BCUT2D eigenvalue weighted by atomic mass is 16.5. The van der Waals surface area contributed by atoms with Gasteiger partial charge in [-0.15, -0.1) is 0 Å². The molecule has 0 spiro atoms. The highest BCUT2D eigenvalue weighted by Crippen LogP contribution is 2.34.